The molecule has 8 nitrogen and oxygen atoms in total. The van der Waals surface area contributed by atoms with Crippen molar-refractivity contribution in [3.8, 4) is 5.88 Å². The van der Waals surface area contributed by atoms with Crippen LogP contribution in [0.3, 0.4) is 0 Å². The number of methoxy groups -OCH3 is 1. The molecule has 0 bridgehead atoms. The summed E-state index contributed by atoms with van der Waals surface area (Å²) in [6.45, 7) is 3.10. The van der Waals surface area contributed by atoms with Gasteiger partial charge in [-0.15, -0.1) is 0 Å². The molecule has 1 aliphatic carbocycles. The maximum atomic E-state index is 12.1. The number of ether oxygens (including phenoxy) is 2. The Morgan fingerprint density at radius 2 is 2.25 bits per heavy atom. The van der Waals surface area contributed by atoms with Crippen LogP contribution in [0.2, 0.25) is 0 Å². The van der Waals surface area contributed by atoms with E-state index in [1.807, 2.05) is 0 Å². The Morgan fingerprint density at radius 3 is 2.96 bits per heavy atom. The van der Waals surface area contributed by atoms with E-state index in [4.69, 9.17) is 14.0 Å². The molecule has 2 N–H and O–H groups in total. The van der Waals surface area contributed by atoms with Crippen LogP contribution in [-0.2, 0) is 16.0 Å². The third-order valence-corrected chi connectivity index (χ3v) is 4.79. The molecule has 2 aliphatic rings. The first-order valence-electron chi connectivity index (χ1n) is 8.46. The Labute approximate surface area is 141 Å². The highest BCUT2D eigenvalue weighted by Gasteiger charge is 2.39. The van der Waals surface area contributed by atoms with Crippen molar-refractivity contribution in [2.75, 3.05) is 33.4 Å². The summed E-state index contributed by atoms with van der Waals surface area (Å²) in [7, 11) is 1.51. The van der Waals surface area contributed by atoms with Crippen molar-refractivity contribution in [2.24, 2.45) is 0 Å². The molecule has 1 aromatic rings. The fourth-order valence-corrected chi connectivity index (χ4v) is 3.45. The zero-order valence-corrected chi connectivity index (χ0v) is 13.9. The van der Waals surface area contributed by atoms with Crippen LogP contribution >= 0.6 is 0 Å². The van der Waals surface area contributed by atoms with Crippen LogP contribution in [-0.4, -0.2) is 72.7 Å². The van der Waals surface area contributed by atoms with Gasteiger partial charge in [-0.25, -0.2) is 0 Å². The fraction of sp³-hybridized carbons (Fsp3) is 0.750. The lowest BCUT2D eigenvalue weighted by atomic mass is 10.1. The smallest absolute Gasteiger partial charge is 0.254 e. The van der Waals surface area contributed by atoms with E-state index in [1.165, 1.54) is 7.11 Å². The summed E-state index contributed by atoms with van der Waals surface area (Å²) in [6, 6.07) is 1.60. The number of nitrogens with one attached hydrogen (secondary N) is 1. The number of carbonyl (C=O) groups is 1. The molecule has 2 heterocycles. The zero-order chi connectivity index (χ0) is 16.9. The van der Waals surface area contributed by atoms with Crippen molar-refractivity contribution in [1.29, 1.82) is 0 Å². The average molecular weight is 339 g/mol. The van der Waals surface area contributed by atoms with Crippen molar-refractivity contribution in [1.82, 2.24) is 15.4 Å². The zero-order valence-electron chi connectivity index (χ0n) is 13.9. The van der Waals surface area contributed by atoms with Gasteiger partial charge in [0.05, 0.1) is 32.5 Å². The van der Waals surface area contributed by atoms with Gasteiger partial charge in [0.2, 0.25) is 5.91 Å². The van der Waals surface area contributed by atoms with Crippen molar-refractivity contribution < 1.29 is 23.9 Å². The summed E-state index contributed by atoms with van der Waals surface area (Å²) >= 11 is 0. The number of morpholine rings is 1. The van der Waals surface area contributed by atoms with E-state index in [1.54, 1.807) is 6.07 Å². The molecule has 1 amide bonds. The van der Waals surface area contributed by atoms with Gasteiger partial charge >= 0.3 is 0 Å². The first-order chi connectivity index (χ1) is 11.7. The minimum Gasteiger partial charge on any atom is -0.479 e. The number of amides is 1. The second-order valence-corrected chi connectivity index (χ2v) is 6.29. The molecule has 1 aliphatic heterocycles. The lowest BCUT2D eigenvalue weighted by molar-refractivity contribution is -0.122. The lowest BCUT2D eigenvalue weighted by Gasteiger charge is -2.34. The van der Waals surface area contributed by atoms with Gasteiger partial charge in [0.1, 0.15) is 5.76 Å². The molecular formula is C16H25N3O5. The summed E-state index contributed by atoms with van der Waals surface area (Å²) < 4.78 is 15.4. The first kappa shape index (κ1) is 17.2. The third-order valence-electron chi connectivity index (χ3n) is 4.79. The molecule has 24 heavy (non-hydrogen) atoms. The van der Waals surface area contributed by atoms with E-state index in [0.29, 0.717) is 37.7 Å². The number of aryl methyl sites for hydroxylation is 1. The molecule has 3 atom stereocenters. The fourth-order valence-electron chi connectivity index (χ4n) is 3.45. The van der Waals surface area contributed by atoms with Crippen LogP contribution in [0.15, 0.2) is 10.6 Å². The van der Waals surface area contributed by atoms with Crippen LogP contribution < -0.4 is 10.1 Å². The molecular weight excluding hydrogens is 314 g/mol. The molecule has 8 heteroatoms. The van der Waals surface area contributed by atoms with Crippen molar-refractivity contribution in [2.45, 2.75) is 43.9 Å². The molecule has 1 saturated heterocycles. The summed E-state index contributed by atoms with van der Waals surface area (Å²) in [5.74, 6) is 0.933. The van der Waals surface area contributed by atoms with E-state index in [0.717, 1.165) is 25.9 Å². The number of aliphatic hydroxyl groups is 1. The van der Waals surface area contributed by atoms with Gasteiger partial charge in [0.25, 0.3) is 5.88 Å². The summed E-state index contributed by atoms with van der Waals surface area (Å²) in [5.41, 5.74) is 0. The summed E-state index contributed by atoms with van der Waals surface area (Å²) in [5, 5.41) is 17.2. The topological polar surface area (TPSA) is 97.1 Å². The largest absolute Gasteiger partial charge is 0.479 e. The molecule has 0 aromatic carbocycles. The second kappa shape index (κ2) is 7.96. The van der Waals surface area contributed by atoms with Crippen molar-refractivity contribution in [3.63, 3.8) is 0 Å². The Kier molecular flexibility index (Phi) is 5.70. The lowest BCUT2D eigenvalue weighted by Crippen LogP contribution is -2.51. The highest BCUT2D eigenvalue weighted by Crippen LogP contribution is 2.25. The SMILES string of the molecule is COc1cc(CCC(=O)N[C@@H]2CC[C@@H](N3CCOCC3)[C@@H]2O)on1. The Balaban J connectivity index is 1.44. The van der Waals surface area contributed by atoms with Gasteiger partial charge in [-0.3, -0.25) is 9.69 Å². The number of hydrogen-bond acceptors (Lipinski definition) is 7. The standard InChI is InChI=1S/C16H25N3O5/c1-22-15-10-11(24-18-15)2-5-14(20)17-12-3-4-13(16(12)21)19-6-8-23-9-7-19/h10,12-13,16,21H,2-9H2,1H3,(H,17,20)/t12-,13-,16-/m1/s1. The van der Waals surface area contributed by atoms with Crippen molar-refractivity contribution in [3.05, 3.63) is 11.8 Å². The molecule has 0 unspecified atom stereocenters. The number of aliphatic hydroxyl groups excluding tert-OH is 1. The van der Waals surface area contributed by atoms with Gasteiger partial charge in [-0.2, -0.15) is 0 Å². The molecule has 2 fully saturated rings. The number of aromatic nitrogens is 1. The maximum Gasteiger partial charge on any atom is 0.254 e. The quantitative estimate of drug-likeness (QED) is 0.750. The van der Waals surface area contributed by atoms with Gasteiger partial charge in [-0.05, 0) is 18.0 Å². The number of nitrogens with zero attached hydrogens (tertiary/aromatic N) is 2. The van der Waals surface area contributed by atoms with E-state index in [-0.39, 0.29) is 18.0 Å². The van der Waals surface area contributed by atoms with E-state index in [2.05, 4.69) is 15.4 Å². The Hall–Kier alpha value is -1.64. The maximum absolute atomic E-state index is 12.1. The molecule has 134 valence electrons. The number of rotatable bonds is 6. The third kappa shape index (κ3) is 4.06. The molecule has 3 rings (SSSR count). The molecule has 0 spiro atoms. The Bertz CT molecular complexity index is 544. The average Bonchev–Trinajstić information content (AvgIpc) is 3.21. The van der Waals surface area contributed by atoms with E-state index < -0.39 is 6.10 Å². The van der Waals surface area contributed by atoms with Crippen LogP contribution in [0.1, 0.15) is 25.0 Å². The van der Waals surface area contributed by atoms with Gasteiger partial charge < -0.3 is 24.4 Å². The normalized spacial score (nSPS) is 28.0. The van der Waals surface area contributed by atoms with Gasteiger partial charge in [0.15, 0.2) is 0 Å². The summed E-state index contributed by atoms with van der Waals surface area (Å²) in [6.07, 6.45) is 1.91. The van der Waals surface area contributed by atoms with Crippen LogP contribution in [0.5, 0.6) is 5.88 Å². The monoisotopic (exact) mass is 339 g/mol. The van der Waals surface area contributed by atoms with E-state index in [9.17, 15) is 9.90 Å². The number of carbonyl (C=O) groups excluding carboxylic acids is 1. The van der Waals surface area contributed by atoms with Crippen LogP contribution in [0.25, 0.3) is 0 Å². The Morgan fingerprint density at radius 1 is 1.46 bits per heavy atom. The highest BCUT2D eigenvalue weighted by molar-refractivity contribution is 5.76. The minimum atomic E-state index is -0.530. The molecule has 0 radical (unpaired) electrons. The predicted octanol–water partition coefficient (Wildman–Crippen LogP) is -0.0439. The molecule has 1 saturated carbocycles. The highest BCUT2D eigenvalue weighted by atomic mass is 16.5. The first-order valence-corrected chi connectivity index (χ1v) is 8.46. The second-order valence-electron chi connectivity index (χ2n) is 6.29. The van der Waals surface area contributed by atoms with E-state index >= 15 is 0 Å². The van der Waals surface area contributed by atoms with Crippen LogP contribution in [0.4, 0.5) is 0 Å². The van der Waals surface area contributed by atoms with Gasteiger partial charge in [-0.1, -0.05) is 0 Å². The van der Waals surface area contributed by atoms with Crippen LogP contribution in [0, 0.1) is 0 Å². The summed E-state index contributed by atoms with van der Waals surface area (Å²) in [4.78, 5) is 14.4. The predicted molar refractivity (Wildman–Crippen MR) is 84.7 cm³/mol. The van der Waals surface area contributed by atoms with Crippen molar-refractivity contribution >= 4 is 5.91 Å². The molecule has 1 aromatic heterocycles. The minimum absolute atomic E-state index is 0.0861. The number of hydrogen-bond donors (Lipinski definition) is 2. The van der Waals surface area contributed by atoms with Gasteiger partial charge in [0, 0.05) is 38.0 Å².